The van der Waals surface area contributed by atoms with Crippen LogP contribution in [0.5, 0.6) is 0 Å². The number of terminal acetylenes is 2. The van der Waals surface area contributed by atoms with Crippen molar-refractivity contribution in [1.82, 2.24) is 0 Å². The van der Waals surface area contributed by atoms with Gasteiger partial charge in [-0.2, -0.15) is 0 Å². The molecule has 0 aromatic carbocycles. The maximum atomic E-state index is 11.9. The molecule has 0 heterocycles. The predicted octanol–water partition coefficient (Wildman–Crippen LogP) is 2.21. The van der Waals surface area contributed by atoms with Gasteiger partial charge in [-0.3, -0.25) is 13.6 Å². The molecule has 84 valence electrons. The first-order valence-electron chi connectivity index (χ1n) is 4.30. The van der Waals surface area contributed by atoms with E-state index < -0.39 is 13.4 Å². The fraction of sp³-hybridized carbons (Fsp3) is 0.600. The minimum atomic E-state index is -3.66. The van der Waals surface area contributed by atoms with Crippen LogP contribution in [0.2, 0.25) is 0 Å². The molecule has 0 fully saturated rings. The van der Waals surface area contributed by atoms with Gasteiger partial charge in [0.1, 0.15) is 13.2 Å². The van der Waals surface area contributed by atoms with Crippen LogP contribution in [0.3, 0.4) is 0 Å². The van der Waals surface area contributed by atoms with Gasteiger partial charge in [-0.25, -0.2) is 4.57 Å². The SMILES string of the molecule is C#CCOP(=O)(OCC#C)OC(C)(C)C. The molecule has 0 unspecified atom stereocenters. The first kappa shape index (κ1) is 14.2. The zero-order chi connectivity index (χ0) is 11.9. The topological polar surface area (TPSA) is 44.8 Å². The largest absolute Gasteiger partial charge is 0.477 e. The summed E-state index contributed by atoms with van der Waals surface area (Å²) in [4.78, 5) is 0. The van der Waals surface area contributed by atoms with E-state index in [9.17, 15) is 4.57 Å². The highest BCUT2D eigenvalue weighted by molar-refractivity contribution is 7.48. The van der Waals surface area contributed by atoms with Crippen molar-refractivity contribution >= 4 is 7.82 Å². The third-order valence-corrected chi connectivity index (χ3v) is 2.66. The highest BCUT2D eigenvalue weighted by atomic mass is 31.2. The third kappa shape index (κ3) is 7.19. The predicted molar refractivity (Wildman–Crippen MR) is 58.0 cm³/mol. The van der Waals surface area contributed by atoms with Crippen molar-refractivity contribution in [3.8, 4) is 24.7 Å². The van der Waals surface area contributed by atoms with Gasteiger partial charge in [0.25, 0.3) is 0 Å². The van der Waals surface area contributed by atoms with E-state index in [-0.39, 0.29) is 13.2 Å². The molecule has 0 amide bonds. The van der Waals surface area contributed by atoms with Crippen molar-refractivity contribution in [2.24, 2.45) is 0 Å². The molecule has 4 nitrogen and oxygen atoms in total. The van der Waals surface area contributed by atoms with E-state index in [1.165, 1.54) is 0 Å². The Morgan fingerprint density at radius 2 is 1.53 bits per heavy atom. The molecule has 0 saturated heterocycles. The van der Waals surface area contributed by atoms with Crippen LogP contribution >= 0.6 is 7.82 Å². The number of rotatable bonds is 5. The quantitative estimate of drug-likeness (QED) is 0.536. The van der Waals surface area contributed by atoms with E-state index in [0.29, 0.717) is 0 Å². The maximum absolute atomic E-state index is 11.9. The van der Waals surface area contributed by atoms with Crippen LogP contribution in [0, 0.1) is 24.7 Å². The zero-order valence-electron chi connectivity index (χ0n) is 9.15. The Morgan fingerprint density at radius 1 is 1.13 bits per heavy atom. The summed E-state index contributed by atoms with van der Waals surface area (Å²) in [7, 11) is -3.66. The Bertz CT molecular complexity index is 294. The van der Waals surface area contributed by atoms with Crippen LogP contribution in [0.25, 0.3) is 0 Å². The molecular formula is C10H15O4P. The van der Waals surface area contributed by atoms with Crippen molar-refractivity contribution in [1.29, 1.82) is 0 Å². The molecule has 0 aromatic rings. The van der Waals surface area contributed by atoms with Crippen molar-refractivity contribution in [2.45, 2.75) is 26.4 Å². The lowest BCUT2D eigenvalue weighted by Crippen LogP contribution is -2.19. The van der Waals surface area contributed by atoms with Gasteiger partial charge in [0.15, 0.2) is 0 Å². The molecule has 0 radical (unpaired) electrons. The Labute approximate surface area is 90.9 Å². The summed E-state index contributed by atoms with van der Waals surface area (Å²) in [6, 6.07) is 0. The summed E-state index contributed by atoms with van der Waals surface area (Å²) in [6.45, 7) is 4.85. The van der Waals surface area contributed by atoms with Gasteiger partial charge < -0.3 is 0 Å². The van der Waals surface area contributed by atoms with E-state index in [1.54, 1.807) is 20.8 Å². The Hall–Kier alpha value is -0.770. The van der Waals surface area contributed by atoms with Gasteiger partial charge in [-0.05, 0) is 20.8 Å². The maximum Gasteiger partial charge on any atom is 0.477 e. The zero-order valence-corrected chi connectivity index (χ0v) is 10.0. The summed E-state index contributed by atoms with van der Waals surface area (Å²) < 4.78 is 26.7. The Morgan fingerprint density at radius 3 is 1.80 bits per heavy atom. The smallest absolute Gasteiger partial charge is 0.281 e. The second kappa shape index (κ2) is 5.95. The summed E-state index contributed by atoms with van der Waals surface area (Å²) in [5.41, 5.74) is -0.668. The molecule has 0 bridgehead atoms. The van der Waals surface area contributed by atoms with E-state index >= 15 is 0 Å². The van der Waals surface area contributed by atoms with Gasteiger partial charge in [-0.15, -0.1) is 12.8 Å². The lowest BCUT2D eigenvalue weighted by atomic mass is 10.2. The molecule has 0 atom stereocenters. The molecular weight excluding hydrogens is 215 g/mol. The van der Waals surface area contributed by atoms with Crippen molar-refractivity contribution < 1.29 is 18.1 Å². The van der Waals surface area contributed by atoms with E-state index in [4.69, 9.17) is 26.4 Å². The summed E-state index contributed by atoms with van der Waals surface area (Å²) >= 11 is 0. The third-order valence-electron chi connectivity index (χ3n) is 0.998. The van der Waals surface area contributed by atoms with Crippen LogP contribution in [0.1, 0.15) is 20.8 Å². The molecule has 0 aliphatic carbocycles. The molecule has 0 aliphatic heterocycles. The van der Waals surface area contributed by atoms with E-state index in [2.05, 4.69) is 11.8 Å². The van der Waals surface area contributed by atoms with Crippen molar-refractivity contribution in [3.05, 3.63) is 0 Å². The van der Waals surface area contributed by atoms with Crippen molar-refractivity contribution in [3.63, 3.8) is 0 Å². The van der Waals surface area contributed by atoms with Gasteiger partial charge >= 0.3 is 7.82 Å². The lowest BCUT2D eigenvalue weighted by molar-refractivity contribution is 0.0530. The molecule has 0 spiro atoms. The molecule has 0 aromatic heterocycles. The Balaban J connectivity index is 4.50. The normalized spacial score (nSPS) is 11.8. The number of phosphoric ester groups is 1. The number of phosphoric acid groups is 1. The molecule has 0 N–H and O–H groups in total. The average Bonchev–Trinajstić information content (AvgIpc) is 2.09. The monoisotopic (exact) mass is 230 g/mol. The van der Waals surface area contributed by atoms with Gasteiger partial charge in [0.2, 0.25) is 0 Å². The highest BCUT2D eigenvalue weighted by Gasteiger charge is 2.32. The first-order valence-corrected chi connectivity index (χ1v) is 5.76. The van der Waals surface area contributed by atoms with E-state index in [0.717, 1.165) is 0 Å². The van der Waals surface area contributed by atoms with Gasteiger partial charge in [0.05, 0.1) is 5.60 Å². The van der Waals surface area contributed by atoms with Crippen LogP contribution in [0.4, 0.5) is 0 Å². The minimum absolute atomic E-state index is 0.155. The highest BCUT2D eigenvalue weighted by Crippen LogP contribution is 2.52. The lowest BCUT2D eigenvalue weighted by Gasteiger charge is -2.24. The fourth-order valence-corrected chi connectivity index (χ4v) is 1.97. The standard InChI is InChI=1S/C10H15O4P/c1-6-8-12-15(11,13-9-7-2)14-10(3,4)5/h1-2H,8-9H2,3-5H3. The summed E-state index contributed by atoms with van der Waals surface area (Å²) in [6.07, 6.45) is 9.96. The Kier molecular flexibility index (Phi) is 5.65. The van der Waals surface area contributed by atoms with Crippen LogP contribution in [0.15, 0.2) is 0 Å². The summed E-state index contributed by atoms with van der Waals surface area (Å²) in [5, 5.41) is 0. The fourth-order valence-electron chi connectivity index (χ4n) is 0.658. The van der Waals surface area contributed by atoms with Crippen LogP contribution in [-0.4, -0.2) is 18.8 Å². The second-order valence-corrected chi connectivity index (χ2v) is 5.20. The van der Waals surface area contributed by atoms with Gasteiger partial charge in [-0.1, -0.05) is 11.8 Å². The van der Waals surface area contributed by atoms with Crippen LogP contribution in [-0.2, 0) is 18.1 Å². The molecule has 0 saturated carbocycles. The summed E-state index contributed by atoms with van der Waals surface area (Å²) in [5.74, 6) is 4.36. The second-order valence-electron chi connectivity index (χ2n) is 3.61. The van der Waals surface area contributed by atoms with Gasteiger partial charge in [0, 0.05) is 0 Å². The molecule has 15 heavy (non-hydrogen) atoms. The first-order chi connectivity index (χ1) is 6.83. The number of hydrogen-bond acceptors (Lipinski definition) is 4. The molecule has 5 heteroatoms. The molecule has 0 aliphatic rings. The van der Waals surface area contributed by atoms with E-state index in [1.807, 2.05) is 0 Å². The number of hydrogen-bond donors (Lipinski definition) is 0. The van der Waals surface area contributed by atoms with Crippen molar-refractivity contribution in [2.75, 3.05) is 13.2 Å². The minimum Gasteiger partial charge on any atom is -0.281 e. The van der Waals surface area contributed by atoms with Crippen LogP contribution < -0.4 is 0 Å². The molecule has 0 rings (SSSR count). The average molecular weight is 230 g/mol.